The number of likely N-dealkylation sites (N-methyl/N-ethyl adjacent to an activating group) is 2. The molecule has 1 fully saturated rings. The molecule has 2 heterocycles. The van der Waals surface area contributed by atoms with Crippen molar-refractivity contribution in [2.75, 3.05) is 27.7 Å². The third-order valence-corrected chi connectivity index (χ3v) is 7.06. The molecular formula is C16H25N5O2S. The minimum Gasteiger partial charge on any atom is -0.302 e. The van der Waals surface area contributed by atoms with Gasteiger partial charge in [-0.3, -0.25) is 4.68 Å². The van der Waals surface area contributed by atoms with Crippen molar-refractivity contribution in [3.8, 4) is 0 Å². The lowest BCUT2D eigenvalue weighted by Crippen LogP contribution is -2.57. The second-order valence-corrected chi connectivity index (χ2v) is 9.03. The van der Waals surface area contributed by atoms with E-state index in [1.54, 1.807) is 24.8 Å². The van der Waals surface area contributed by atoms with Crippen LogP contribution in [-0.2, 0) is 17.1 Å². The van der Waals surface area contributed by atoms with Crippen LogP contribution in [0.3, 0.4) is 0 Å². The molecule has 0 aliphatic heterocycles. The van der Waals surface area contributed by atoms with Gasteiger partial charge in [0.2, 0.25) is 10.0 Å². The first-order chi connectivity index (χ1) is 11.2. The number of pyridine rings is 1. The first-order valence-electron chi connectivity index (χ1n) is 8.10. The van der Waals surface area contributed by atoms with Crippen molar-refractivity contribution >= 4 is 21.1 Å². The maximum Gasteiger partial charge on any atom is 0.244 e. The summed E-state index contributed by atoms with van der Waals surface area (Å²) >= 11 is 0. The first kappa shape index (κ1) is 17.3. The minimum absolute atomic E-state index is 0.0520. The quantitative estimate of drug-likeness (QED) is 0.814. The van der Waals surface area contributed by atoms with Crippen molar-refractivity contribution < 1.29 is 8.42 Å². The molecule has 0 unspecified atom stereocenters. The maximum atomic E-state index is 13.0. The van der Waals surface area contributed by atoms with Crippen molar-refractivity contribution in [3.05, 3.63) is 18.0 Å². The molecule has 2 aromatic rings. The summed E-state index contributed by atoms with van der Waals surface area (Å²) < 4.78 is 29.1. The number of nitrogens with zero attached hydrogens (tertiary/aromatic N) is 5. The van der Waals surface area contributed by atoms with Crippen LogP contribution in [0, 0.1) is 6.92 Å². The number of hydrogen-bond donors (Lipinski definition) is 0. The zero-order valence-electron chi connectivity index (χ0n) is 14.9. The Labute approximate surface area is 143 Å². The highest BCUT2D eigenvalue weighted by Gasteiger charge is 2.42. The number of rotatable bonds is 5. The second-order valence-electron chi connectivity index (χ2n) is 6.98. The van der Waals surface area contributed by atoms with Gasteiger partial charge in [-0.1, -0.05) is 0 Å². The molecule has 8 heteroatoms. The monoisotopic (exact) mass is 351 g/mol. The topological polar surface area (TPSA) is 71.3 Å². The summed E-state index contributed by atoms with van der Waals surface area (Å²) in [6.07, 6.45) is 4.63. The van der Waals surface area contributed by atoms with Gasteiger partial charge in [0.1, 0.15) is 4.90 Å². The van der Waals surface area contributed by atoms with Crippen LogP contribution < -0.4 is 0 Å². The molecular weight excluding hydrogens is 326 g/mol. The van der Waals surface area contributed by atoms with E-state index in [2.05, 4.69) is 15.0 Å². The largest absolute Gasteiger partial charge is 0.302 e. The lowest BCUT2D eigenvalue weighted by atomic mass is 9.75. The van der Waals surface area contributed by atoms with E-state index in [1.807, 2.05) is 21.0 Å². The smallest absolute Gasteiger partial charge is 0.244 e. The molecule has 0 amide bonds. The van der Waals surface area contributed by atoms with E-state index in [1.165, 1.54) is 10.5 Å². The molecule has 0 spiro atoms. The van der Waals surface area contributed by atoms with Crippen LogP contribution in [0.1, 0.15) is 25.0 Å². The molecule has 0 aromatic carbocycles. The fourth-order valence-corrected chi connectivity index (χ4v) is 4.66. The molecule has 0 radical (unpaired) electrons. The third-order valence-electron chi connectivity index (χ3n) is 5.30. The Morgan fingerprint density at radius 3 is 2.50 bits per heavy atom. The molecule has 1 aliphatic carbocycles. The van der Waals surface area contributed by atoms with Crippen LogP contribution in [0.5, 0.6) is 0 Å². The molecule has 132 valence electrons. The lowest BCUT2D eigenvalue weighted by molar-refractivity contribution is 0.0455. The summed E-state index contributed by atoms with van der Waals surface area (Å²) in [4.78, 5) is 6.67. The van der Waals surface area contributed by atoms with Crippen molar-refractivity contribution in [2.45, 2.75) is 36.6 Å². The average molecular weight is 351 g/mol. The van der Waals surface area contributed by atoms with Crippen LogP contribution in [0.25, 0.3) is 11.0 Å². The second kappa shape index (κ2) is 5.79. The van der Waals surface area contributed by atoms with Crippen molar-refractivity contribution in [1.29, 1.82) is 0 Å². The zero-order valence-corrected chi connectivity index (χ0v) is 15.8. The van der Waals surface area contributed by atoms with E-state index >= 15 is 0 Å². The number of sulfonamides is 1. The van der Waals surface area contributed by atoms with Gasteiger partial charge in [0.15, 0.2) is 5.65 Å². The number of fused-ring (bicyclic) bond motifs is 1. The number of hydrogen-bond acceptors (Lipinski definition) is 5. The molecule has 2 aromatic heterocycles. The summed E-state index contributed by atoms with van der Waals surface area (Å²) in [5.41, 5.74) is 1.42. The molecule has 7 nitrogen and oxygen atoms in total. The summed E-state index contributed by atoms with van der Waals surface area (Å²) in [5, 5.41) is 5.08. The Morgan fingerprint density at radius 1 is 1.29 bits per heavy atom. The first-order valence-corrected chi connectivity index (χ1v) is 9.54. The SMILES string of the molecule is Cc1nn(C)c2ncc(S(=O)(=O)N(C)CC3(N(C)C)CCC3)cc12. The van der Waals surface area contributed by atoms with E-state index in [0.29, 0.717) is 12.2 Å². The lowest BCUT2D eigenvalue weighted by Gasteiger charge is -2.48. The van der Waals surface area contributed by atoms with Gasteiger partial charge in [0.05, 0.1) is 5.69 Å². The standard InChI is InChI=1S/C16H25N5O2S/c1-12-14-9-13(10-17-15(14)21(5)18-12)24(22,23)20(4)11-16(19(2)3)7-6-8-16/h9-10H,6-8,11H2,1-5H3. The fourth-order valence-electron chi connectivity index (χ4n) is 3.44. The van der Waals surface area contributed by atoms with E-state index in [0.717, 1.165) is 30.3 Å². The van der Waals surface area contributed by atoms with Crippen molar-refractivity contribution in [2.24, 2.45) is 7.05 Å². The zero-order chi connectivity index (χ0) is 17.7. The molecule has 0 saturated heterocycles. The Bertz CT molecular complexity index is 868. The van der Waals surface area contributed by atoms with Crippen LogP contribution in [0.2, 0.25) is 0 Å². The number of aromatic nitrogens is 3. The fraction of sp³-hybridized carbons (Fsp3) is 0.625. The van der Waals surface area contributed by atoms with E-state index in [-0.39, 0.29) is 10.4 Å². The minimum atomic E-state index is -3.57. The van der Waals surface area contributed by atoms with E-state index < -0.39 is 10.0 Å². The van der Waals surface area contributed by atoms with Gasteiger partial charge in [-0.05, 0) is 46.3 Å². The predicted molar refractivity (Wildman–Crippen MR) is 93.3 cm³/mol. The molecule has 0 bridgehead atoms. The molecule has 1 saturated carbocycles. The highest BCUT2D eigenvalue weighted by Crippen LogP contribution is 2.37. The summed E-state index contributed by atoms with van der Waals surface area (Å²) in [5.74, 6) is 0. The highest BCUT2D eigenvalue weighted by atomic mass is 32.2. The highest BCUT2D eigenvalue weighted by molar-refractivity contribution is 7.89. The molecule has 0 N–H and O–H groups in total. The molecule has 3 rings (SSSR count). The van der Waals surface area contributed by atoms with Gasteiger partial charge in [-0.2, -0.15) is 9.40 Å². The Kier molecular flexibility index (Phi) is 4.17. The Hall–Kier alpha value is -1.51. The summed E-state index contributed by atoms with van der Waals surface area (Å²) in [6.45, 7) is 2.35. The van der Waals surface area contributed by atoms with Crippen molar-refractivity contribution in [1.82, 2.24) is 24.0 Å². The molecule has 1 aliphatic rings. The summed E-state index contributed by atoms with van der Waals surface area (Å²) in [6, 6.07) is 1.68. The van der Waals surface area contributed by atoms with Crippen molar-refractivity contribution in [3.63, 3.8) is 0 Å². The van der Waals surface area contributed by atoms with Gasteiger partial charge in [0.25, 0.3) is 0 Å². The predicted octanol–water partition coefficient (Wildman–Crippen LogP) is 1.38. The van der Waals surface area contributed by atoms with Gasteiger partial charge < -0.3 is 4.90 Å². The van der Waals surface area contributed by atoms with Crippen LogP contribution in [0.15, 0.2) is 17.2 Å². The normalized spacial score (nSPS) is 17.6. The average Bonchev–Trinajstić information content (AvgIpc) is 2.76. The maximum absolute atomic E-state index is 13.0. The van der Waals surface area contributed by atoms with E-state index in [9.17, 15) is 8.42 Å². The van der Waals surface area contributed by atoms with Gasteiger partial charge >= 0.3 is 0 Å². The number of aryl methyl sites for hydroxylation is 2. The van der Waals surface area contributed by atoms with Gasteiger partial charge in [-0.25, -0.2) is 13.4 Å². The Balaban J connectivity index is 1.93. The Morgan fingerprint density at radius 2 is 1.96 bits per heavy atom. The van der Waals surface area contributed by atoms with Gasteiger partial charge in [-0.15, -0.1) is 0 Å². The van der Waals surface area contributed by atoms with Crippen LogP contribution in [-0.4, -0.2) is 65.6 Å². The van der Waals surface area contributed by atoms with E-state index in [4.69, 9.17) is 0 Å². The molecule has 24 heavy (non-hydrogen) atoms. The van der Waals surface area contributed by atoms with Crippen LogP contribution in [0.4, 0.5) is 0 Å². The third kappa shape index (κ3) is 2.62. The molecule has 0 atom stereocenters. The van der Waals surface area contributed by atoms with Crippen LogP contribution >= 0.6 is 0 Å². The van der Waals surface area contributed by atoms with Gasteiger partial charge in [0, 0.05) is 37.8 Å². The summed E-state index contributed by atoms with van der Waals surface area (Å²) in [7, 11) is 3.92.